The Hall–Kier alpha value is -1.80. The summed E-state index contributed by atoms with van der Waals surface area (Å²) in [4.78, 5) is 13.4. The molecule has 0 aliphatic heterocycles. The van der Waals surface area contributed by atoms with Crippen LogP contribution in [0.5, 0.6) is 0 Å². The largest absolute Gasteiger partial charge is 0.382 e. The second-order valence-corrected chi connectivity index (χ2v) is 5.87. The quantitative estimate of drug-likeness (QED) is 0.708. The van der Waals surface area contributed by atoms with Gasteiger partial charge in [-0.1, -0.05) is 15.9 Å². The second kappa shape index (κ2) is 8.73. The molecule has 2 aromatic rings. The highest BCUT2D eigenvalue weighted by atomic mass is 79.9. The van der Waals surface area contributed by atoms with Crippen molar-refractivity contribution in [2.45, 2.75) is 26.3 Å². The molecular formula is C15H20BrN5O2. The van der Waals surface area contributed by atoms with Crippen LogP contribution in [-0.2, 0) is 9.53 Å². The van der Waals surface area contributed by atoms with Gasteiger partial charge in [0.2, 0.25) is 11.7 Å². The molecular weight excluding hydrogens is 362 g/mol. The number of hydrogen-bond donors (Lipinski definition) is 1. The van der Waals surface area contributed by atoms with Crippen molar-refractivity contribution in [2.75, 3.05) is 19.8 Å². The molecule has 0 aliphatic rings. The van der Waals surface area contributed by atoms with Crippen LogP contribution in [0.25, 0.3) is 11.4 Å². The normalized spacial score (nSPS) is 12.1. The number of benzene rings is 1. The minimum atomic E-state index is -0.515. The predicted octanol–water partition coefficient (Wildman–Crippen LogP) is 2.21. The first-order valence-electron chi connectivity index (χ1n) is 7.52. The summed E-state index contributed by atoms with van der Waals surface area (Å²) in [7, 11) is 0. The van der Waals surface area contributed by atoms with Gasteiger partial charge in [-0.15, -0.1) is 10.2 Å². The summed E-state index contributed by atoms with van der Waals surface area (Å²) in [5.74, 6) is 0.356. The molecule has 1 unspecified atom stereocenters. The topological polar surface area (TPSA) is 81.9 Å². The van der Waals surface area contributed by atoms with E-state index in [1.165, 1.54) is 4.80 Å². The van der Waals surface area contributed by atoms with Gasteiger partial charge in [-0.3, -0.25) is 4.79 Å². The summed E-state index contributed by atoms with van der Waals surface area (Å²) in [6.45, 7) is 5.58. The minimum Gasteiger partial charge on any atom is -0.382 e. The third kappa shape index (κ3) is 5.11. The molecule has 1 heterocycles. The first-order chi connectivity index (χ1) is 11.1. The highest BCUT2D eigenvalue weighted by Gasteiger charge is 2.18. The van der Waals surface area contributed by atoms with Gasteiger partial charge in [0.15, 0.2) is 0 Å². The second-order valence-electron chi connectivity index (χ2n) is 4.96. The number of tetrazole rings is 1. The summed E-state index contributed by atoms with van der Waals surface area (Å²) in [6.07, 6.45) is 0.779. The first-order valence-corrected chi connectivity index (χ1v) is 8.32. The van der Waals surface area contributed by atoms with Crippen molar-refractivity contribution < 1.29 is 9.53 Å². The Bertz CT molecular complexity index is 629. The van der Waals surface area contributed by atoms with E-state index in [9.17, 15) is 4.79 Å². The maximum Gasteiger partial charge on any atom is 0.246 e. The lowest BCUT2D eigenvalue weighted by molar-refractivity contribution is -0.124. The van der Waals surface area contributed by atoms with Crippen molar-refractivity contribution in [3.05, 3.63) is 28.7 Å². The van der Waals surface area contributed by atoms with Crippen molar-refractivity contribution in [2.24, 2.45) is 0 Å². The number of ether oxygens (including phenoxy) is 1. The lowest BCUT2D eigenvalue weighted by atomic mass is 10.2. The lowest BCUT2D eigenvalue weighted by Crippen LogP contribution is -2.33. The number of carbonyl (C=O) groups is 1. The summed E-state index contributed by atoms with van der Waals surface area (Å²) in [6, 6.07) is 7.09. The molecule has 1 N–H and O–H groups in total. The Labute approximate surface area is 143 Å². The molecule has 1 amide bonds. The SMILES string of the molecule is CCOCCCNC(=O)C(C)n1nnc(-c2ccc(Br)cc2)n1. The average molecular weight is 382 g/mol. The monoisotopic (exact) mass is 381 g/mol. The Balaban J connectivity index is 1.91. The smallest absolute Gasteiger partial charge is 0.246 e. The Morgan fingerprint density at radius 2 is 2.13 bits per heavy atom. The number of nitrogens with one attached hydrogen (secondary N) is 1. The molecule has 0 spiro atoms. The third-order valence-electron chi connectivity index (χ3n) is 3.23. The van der Waals surface area contributed by atoms with E-state index in [1.807, 2.05) is 31.2 Å². The summed E-state index contributed by atoms with van der Waals surface area (Å²) < 4.78 is 6.21. The van der Waals surface area contributed by atoms with Gasteiger partial charge in [-0.25, -0.2) is 0 Å². The Morgan fingerprint density at radius 3 is 2.83 bits per heavy atom. The van der Waals surface area contributed by atoms with Gasteiger partial charge < -0.3 is 10.1 Å². The van der Waals surface area contributed by atoms with E-state index in [2.05, 4.69) is 36.7 Å². The molecule has 0 saturated heterocycles. The van der Waals surface area contributed by atoms with Crippen LogP contribution in [0.15, 0.2) is 28.7 Å². The Kier molecular flexibility index (Phi) is 6.66. The van der Waals surface area contributed by atoms with Crippen molar-refractivity contribution in [1.29, 1.82) is 0 Å². The number of nitrogens with zero attached hydrogens (tertiary/aromatic N) is 4. The van der Waals surface area contributed by atoms with Gasteiger partial charge in [0, 0.05) is 29.8 Å². The standard InChI is InChI=1S/C15H20BrN5O2/c1-3-23-10-4-9-17-15(22)11(2)21-19-14(18-20-21)12-5-7-13(16)8-6-12/h5-8,11H,3-4,9-10H2,1-2H3,(H,17,22). The molecule has 2 rings (SSSR count). The van der Waals surface area contributed by atoms with E-state index >= 15 is 0 Å². The fraction of sp³-hybridized carbons (Fsp3) is 0.467. The minimum absolute atomic E-state index is 0.138. The molecule has 0 radical (unpaired) electrons. The van der Waals surface area contributed by atoms with E-state index in [4.69, 9.17) is 4.74 Å². The molecule has 1 atom stereocenters. The van der Waals surface area contributed by atoms with Crippen molar-refractivity contribution in [3.63, 3.8) is 0 Å². The first kappa shape index (κ1) is 17.6. The molecule has 0 saturated carbocycles. The number of hydrogen-bond acceptors (Lipinski definition) is 5. The zero-order valence-electron chi connectivity index (χ0n) is 13.2. The fourth-order valence-corrected chi connectivity index (χ4v) is 2.15. The number of halogens is 1. The molecule has 124 valence electrons. The van der Waals surface area contributed by atoms with Crippen LogP contribution in [-0.4, -0.2) is 45.9 Å². The van der Waals surface area contributed by atoms with Gasteiger partial charge in [-0.05, 0) is 49.7 Å². The zero-order valence-corrected chi connectivity index (χ0v) is 14.8. The number of aromatic nitrogens is 4. The maximum absolute atomic E-state index is 12.1. The number of carbonyl (C=O) groups excluding carboxylic acids is 1. The van der Waals surface area contributed by atoms with Crippen molar-refractivity contribution in [1.82, 2.24) is 25.5 Å². The van der Waals surface area contributed by atoms with Gasteiger partial charge in [0.25, 0.3) is 0 Å². The Morgan fingerprint density at radius 1 is 1.39 bits per heavy atom. The van der Waals surface area contributed by atoms with E-state index in [0.29, 0.717) is 25.6 Å². The van der Waals surface area contributed by atoms with Crippen LogP contribution in [0.2, 0.25) is 0 Å². The molecule has 7 nitrogen and oxygen atoms in total. The van der Waals surface area contributed by atoms with Crippen LogP contribution in [0.3, 0.4) is 0 Å². The van der Waals surface area contributed by atoms with E-state index < -0.39 is 6.04 Å². The van der Waals surface area contributed by atoms with Gasteiger partial charge in [0.1, 0.15) is 6.04 Å². The number of amides is 1. The third-order valence-corrected chi connectivity index (χ3v) is 3.75. The number of rotatable bonds is 8. The predicted molar refractivity (Wildman–Crippen MR) is 89.8 cm³/mol. The zero-order chi connectivity index (χ0) is 16.7. The summed E-state index contributed by atoms with van der Waals surface area (Å²) >= 11 is 3.38. The maximum atomic E-state index is 12.1. The van der Waals surface area contributed by atoms with Gasteiger partial charge in [0.05, 0.1) is 0 Å². The van der Waals surface area contributed by atoms with Crippen molar-refractivity contribution >= 4 is 21.8 Å². The van der Waals surface area contributed by atoms with Crippen LogP contribution >= 0.6 is 15.9 Å². The molecule has 1 aromatic carbocycles. The highest BCUT2D eigenvalue weighted by molar-refractivity contribution is 9.10. The molecule has 23 heavy (non-hydrogen) atoms. The van der Waals surface area contributed by atoms with E-state index in [1.54, 1.807) is 6.92 Å². The lowest BCUT2D eigenvalue weighted by Gasteiger charge is -2.10. The van der Waals surface area contributed by atoms with Crippen molar-refractivity contribution in [3.8, 4) is 11.4 Å². The molecule has 8 heteroatoms. The fourth-order valence-electron chi connectivity index (χ4n) is 1.89. The average Bonchev–Trinajstić information content (AvgIpc) is 3.04. The van der Waals surface area contributed by atoms with Gasteiger partial charge >= 0.3 is 0 Å². The molecule has 0 aliphatic carbocycles. The highest BCUT2D eigenvalue weighted by Crippen LogP contribution is 2.18. The molecule has 1 aromatic heterocycles. The molecule has 0 bridgehead atoms. The van der Waals surface area contributed by atoms with Crippen LogP contribution < -0.4 is 5.32 Å². The van der Waals surface area contributed by atoms with Gasteiger partial charge in [-0.2, -0.15) is 4.80 Å². The summed E-state index contributed by atoms with van der Waals surface area (Å²) in [5.41, 5.74) is 0.851. The van der Waals surface area contributed by atoms with E-state index in [-0.39, 0.29) is 5.91 Å². The summed E-state index contributed by atoms with van der Waals surface area (Å²) in [5, 5.41) is 15.1. The van der Waals surface area contributed by atoms with Crippen LogP contribution in [0.1, 0.15) is 26.3 Å². The van der Waals surface area contributed by atoms with E-state index in [0.717, 1.165) is 16.5 Å². The molecule has 0 fully saturated rings. The van der Waals surface area contributed by atoms with Crippen LogP contribution in [0, 0.1) is 0 Å². The van der Waals surface area contributed by atoms with Crippen LogP contribution in [0.4, 0.5) is 0 Å².